The summed E-state index contributed by atoms with van der Waals surface area (Å²) < 4.78 is 71.6. The number of aromatic nitrogens is 3. The van der Waals surface area contributed by atoms with Crippen molar-refractivity contribution in [2.75, 3.05) is 6.61 Å². The Balaban J connectivity index is 1.99. The lowest BCUT2D eigenvalue weighted by atomic mass is 10.1. The lowest BCUT2D eigenvalue weighted by Crippen LogP contribution is -2.32. The molecule has 1 aliphatic rings. The minimum atomic E-state index is -4.75. The first-order valence-electron chi connectivity index (χ1n) is 10.3. The third-order valence-corrected chi connectivity index (χ3v) is 5.10. The standard InChI is InChI=1S/C20H24F4N4O5/c1-3-27-16(10-32-17-6-4-5-7-31-17)26-28(19(27)30)14-9-15(33-11(2)20(22,23)24)12(18(25)29)8-13(14)21/h8-9,11,17H,3-7,10H2,1-2H3,(H2,25,29)/t11-,17?/m0/s1. The largest absolute Gasteiger partial charge is 0.480 e. The number of carbonyl (C=O) groups excluding carboxylic acids is 1. The Hall–Kier alpha value is -2.93. The van der Waals surface area contributed by atoms with Gasteiger partial charge in [0, 0.05) is 19.2 Å². The Morgan fingerprint density at radius 3 is 2.67 bits per heavy atom. The molecule has 3 rings (SSSR count). The van der Waals surface area contributed by atoms with Gasteiger partial charge in [-0.25, -0.2) is 9.18 Å². The zero-order chi connectivity index (χ0) is 24.3. The fraction of sp³-hybridized carbons (Fsp3) is 0.550. The predicted octanol–water partition coefficient (Wildman–Crippen LogP) is 2.66. The Bertz CT molecular complexity index is 1060. The molecule has 33 heavy (non-hydrogen) atoms. The van der Waals surface area contributed by atoms with Crippen molar-refractivity contribution < 1.29 is 36.6 Å². The van der Waals surface area contributed by atoms with Crippen LogP contribution < -0.4 is 16.2 Å². The summed E-state index contributed by atoms with van der Waals surface area (Å²) in [5, 5.41) is 4.09. The van der Waals surface area contributed by atoms with Gasteiger partial charge < -0.3 is 19.9 Å². The van der Waals surface area contributed by atoms with E-state index >= 15 is 0 Å². The van der Waals surface area contributed by atoms with Crippen LogP contribution in [0.5, 0.6) is 5.75 Å². The summed E-state index contributed by atoms with van der Waals surface area (Å²) in [6.07, 6.45) is -5.01. The number of hydrogen-bond acceptors (Lipinski definition) is 6. The molecule has 182 valence electrons. The average Bonchev–Trinajstić information content (AvgIpc) is 3.08. The maximum atomic E-state index is 14.8. The molecule has 0 spiro atoms. The summed E-state index contributed by atoms with van der Waals surface area (Å²) in [6.45, 7) is 3.01. The molecule has 0 saturated carbocycles. The van der Waals surface area contributed by atoms with E-state index in [0.717, 1.165) is 18.9 Å². The predicted molar refractivity (Wildman–Crippen MR) is 106 cm³/mol. The first-order valence-corrected chi connectivity index (χ1v) is 10.3. The van der Waals surface area contributed by atoms with E-state index in [0.29, 0.717) is 30.7 Å². The lowest BCUT2D eigenvalue weighted by molar-refractivity contribution is -0.189. The molecule has 0 aliphatic carbocycles. The third kappa shape index (κ3) is 5.53. The summed E-state index contributed by atoms with van der Waals surface area (Å²) in [6, 6.07) is 1.40. The fourth-order valence-corrected chi connectivity index (χ4v) is 3.28. The number of hydrogen-bond donors (Lipinski definition) is 1. The Morgan fingerprint density at radius 2 is 2.09 bits per heavy atom. The molecule has 0 radical (unpaired) electrons. The van der Waals surface area contributed by atoms with Gasteiger partial charge in [0.05, 0.1) is 5.56 Å². The molecule has 0 bridgehead atoms. The van der Waals surface area contributed by atoms with E-state index in [4.69, 9.17) is 19.9 Å². The molecule has 9 nitrogen and oxygen atoms in total. The second-order valence-electron chi connectivity index (χ2n) is 7.43. The van der Waals surface area contributed by atoms with Gasteiger partial charge in [-0.05, 0) is 39.2 Å². The van der Waals surface area contributed by atoms with Crippen molar-refractivity contribution in [1.29, 1.82) is 0 Å². The molecule has 1 unspecified atom stereocenters. The van der Waals surface area contributed by atoms with Gasteiger partial charge in [-0.2, -0.15) is 17.9 Å². The van der Waals surface area contributed by atoms with Crippen molar-refractivity contribution in [2.24, 2.45) is 5.73 Å². The summed E-state index contributed by atoms with van der Waals surface area (Å²) in [7, 11) is 0. The summed E-state index contributed by atoms with van der Waals surface area (Å²) in [5.41, 5.74) is 3.31. The van der Waals surface area contributed by atoms with Gasteiger partial charge in [0.15, 0.2) is 18.2 Å². The maximum Gasteiger partial charge on any atom is 0.425 e. The number of amides is 1. The molecule has 1 saturated heterocycles. The number of benzene rings is 1. The molecule has 1 fully saturated rings. The first kappa shape index (κ1) is 24.7. The van der Waals surface area contributed by atoms with Crippen LogP contribution in [0.3, 0.4) is 0 Å². The van der Waals surface area contributed by atoms with E-state index in [2.05, 4.69) is 5.10 Å². The van der Waals surface area contributed by atoms with Crippen molar-refractivity contribution in [3.05, 3.63) is 39.8 Å². The third-order valence-electron chi connectivity index (χ3n) is 5.10. The lowest BCUT2D eigenvalue weighted by Gasteiger charge is -2.22. The second kappa shape index (κ2) is 9.91. The van der Waals surface area contributed by atoms with Gasteiger partial charge in [-0.3, -0.25) is 9.36 Å². The van der Waals surface area contributed by atoms with E-state index in [1.54, 1.807) is 6.92 Å². The number of halogens is 4. The quantitative estimate of drug-likeness (QED) is 0.587. The zero-order valence-corrected chi connectivity index (χ0v) is 18.0. The number of nitrogens with two attached hydrogens (primary N) is 1. The highest BCUT2D eigenvalue weighted by Gasteiger charge is 2.39. The highest BCUT2D eigenvalue weighted by Crippen LogP contribution is 2.30. The Labute approximate surface area is 186 Å². The monoisotopic (exact) mass is 476 g/mol. The van der Waals surface area contributed by atoms with Crippen LogP contribution in [-0.2, 0) is 22.6 Å². The molecule has 2 aromatic rings. The molecule has 1 aromatic heterocycles. The van der Waals surface area contributed by atoms with Gasteiger partial charge in [0.1, 0.15) is 23.9 Å². The van der Waals surface area contributed by atoms with Gasteiger partial charge in [0.2, 0.25) is 0 Å². The topological polar surface area (TPSA) is 111 Å². The van der Waals surface area contributed by atoms with Crippen LogP contribution >= 0.6 is 0 Å². The zero-order valence-electron chi connectivity index (χ0n) is 18.0. The van der Waals surface area contributed by atoms with E-state index in [1.165, 1.54) is 4.57 Å². The van der Waals surface area contributed by atoms with Gasteiger partial charge in [-0.15, -0.1) is 5.10 Å². The second-order valence-corrected chi connectivity index (χ2v) is 7.43. The van der Waals surface area contributed by atoms with E-state index < -0.39 is 53.0 Å². The van der Waals surface area contributed by atoms with Crippen molar-refractivity contribution >= 4 is 5.91 Å². The fourth-order valence-electron chi connectivity index (χ4n) is 3.28. The highest BCUT2D eigenvalue weighted by atomic mass is 19.4. The number of primary amides is 1. The normalized spacial score (nSPS) is 17.7. The molecule has 2 atom stereocenters. The molecule has 1 aromatic carbocycles. The molecule has 2 heterocycles. The van der Waals surface area contributed by atoms with Crippen LogP contribution in [0.2, 0.25) is 0 Å². The number of carbonyl (C=O) groups is 1. The number of ether oxygens (including phenoxy) is 3. The van der Waals surface area contributed by atoms with E-state index in [-0.39, 0.29) is 19.0 Å². The van der Waals surface area contributed by atoms with Gasteiger partial charge >= 0.3 is 11.9 Å². The van der Waals surface area contributed by atoms with Crippen LogP contribution in [-0.4, -0.2) is 45.4 Å². The molecule has 1 aliphatic heterocycles. The summed E-state index contributed by atoms with van der Waals surface area (Å²) >= 11 is 0. The molecule has 1 amide bonds. The number of nitrogens with zero attached hydrogens (tertiary/aromatic N) is 3. The van der Waals surface area contributed by atoms with E-state index in [9.17, 15) is 27.2 Å². The van der Waals surface area contributed by atoms with Crippen molar-refractivity contribution in [3.8, 4) is 11.4 Å². The molecule has 13 heteroatoms. The maximum absolute atomic E-state index is 14.8. The van der Waals surface area contributed by atoms with E-state index in [1.807, 2.05) is 0 Å². The van der Waals surface area contributed by atoms with Crippen LogP contribution in [0.1, 0.15) is 49.3 Å². The van der Waals surface area contributed by atoms with Crippen molar-refractivity contribution in [3.63, 3.8) is 0 Å². The minimum absolute atomic E-state index is 0.101. The van der Waals surface area contributed by atoms with Gasteiger partial charge in [0.25, 0.3) is 5.91 Å². The highest BCUT2D eigenvalue weighted by molar-refractivity contribution is 5.96. The average molecular weight is 476 g/mol. The molecular formula is C20H24F4N4O5. The number of rotatable bonds is 8. The van der Waals surface area contributed by atoms with Crippen LogP contribution in [0, 0.1) is 5.82 Å². The Morgan fingerprint density at radius 1 is 1.36 bits per heavy atom. The Kier molecular flexibility index (Phi) is 7.42. The van der Waals surface area contributed by atoms with Crippen molar-refractivity contribution in [2.45, 2.75) is 64.8 Å². The SMILES string of the molecule is CCn1c(COC2CCCCO2)nn(-c2cc(O[C@@H](C)C(F)(F)F)c(C(N)=O)cc2F)c1=O. The van der Waals surface area contributed by atoms with Gasteiger partial charge in [-0.1, -0.05) is 0 Å². The minimum Gasteiger partial charge on any atom is -0.480 e. The molecule has 2 N–H and O–H groups in total. The smallest absolute Gasteiger partial charge is 0.425 e. The van der Waals surface area contributed by atoms with Crippen LogP contribution in [0.4, 0.5) is 17.6 Å². The number of alkyl halides is 3. The molecular weight excluding hydrogens is 452 g/mol. The summed E-state index contributed by atoms with van der Waals surface area (Å²) in [5.74, 6) is -2.75. The van der Waals surface area contributed by atoms with Crippen molar-refractivity contribution in [1.82, 2.24) is 14.3 Å². The summed E-state index contributed by atoms with van der Waals surface area (Å²) in [4.78, 5) is 24.5. The first-order chi connectivity index (χ1) is 15.5. The van der Waals surface area contributed by atoms with Crippen LogP contribution in [0.15, 0.2) is 16.9 Å². The van der Waals surface area contributed by atoms with Crippen LogP contribution in [0.25, 0.3) is 5.69 Å².